The average molecular weight is 409 g/mol. The normalized spacial score (nSPS) is 22.7. The van der Waals surface area contributed by atoms with Crippen LogP contribution in [0.15, 0.2) is 23.2 Å². The largest absolute Gasteiger partial charge is 0.379 e. The maximum Gasteiger partial charge on any atom is 0.190 e. The molecule has 0 aliphatic carbocycles. The van der Waals surface area contributed by atoms with Crippen molar-refractivity contribution in [1.82, 2.24) is 10.6 Å². The molecule has 3 rings (SSSR count). The number of aliphatic imine (C=N–C) groups is 1. The SMILES string of the molecule is CN=C(NCCCOC1CCOC1)NCC1CCN(c2cc(Cl)ccc2C)C1. The van der Waals surface area contributed by atoms with Crippen LogP contribution in [0.25, 0.3) is 0 Å². The summed E-state index contributed by atoms with van der Waals surface area (Å²) >= 11 is 6.18. The van der Waals surface area contributed by atoms with E-state index in [0.717, 1.165) is 69.8 Å². The first-order valence-corrected chi connectivity index (χ1v) is 10.7. The highest BCUT2D eigenvalue weighted by Gasteiger charge is 2.24. The minimum atomic E-state index is 0.283. The van der Waals surface area contributed by atoms with Crippen molar-refractivity contribution < 1.29 is 9.47 Å². The highest BCUT2D eigenvalue weighted by molar-refractivity contribution is 6.30. The van der Waals surface area contributed by atoms with Crippen LogP contribution in [0, 0.1) is 12.8 Å². The average Bonchev–Trinajstić information content (AvgIpc) is 3.38. The Morgan fingerprint density at radius 3 is 3.04 bits per heavy atom. The van der Waals surface area contributed by atoms with Gasteiger partial charge in [-0.2, -0.15) is 0 Å². The van der Waals surface area contributed by atoms with Crippen molar-refractivity contribution >= 4 is 23.2 Å². The summed E-state index contributed by atoms with van der Waals surface area (Å²) in [4.78, 5) is 6.77. The number of ether oxygens (including phenoxy) is 2. The smallest absolute Gasteiger partial charge is 0.190 e. The van der Waals surface area contributed by atoms with Crippen LogP contribution in [0.1, 0.15) is 24.8 Å². The summed E-state index contributed by atoms with van der Waals surface area (Å²) in [6.07, 6.45) is 3.44. The molecule has 2 fully saturated rings. The van der Waals surface area contributed by atoms with Gasteiger partial charge in [0.15, 0.2) is 5.96 Å². The molecule has 0 aromatic heterocycles. The maximum atomic E-state index is 6.18. The molecule has 0 spiro atoms. The van der Waals surface area contributed by atoms with Gasteiger partial charge in [0, 0.05) is 57.2 Å². The lowest BCUT2D eigenvalue weighted by Crippen LogP contribution is -2.41. The van der Waals surface area contributed by atoms with E-state index >= 15 is 0 Å². The molecular weight excluding hydrogens is 376 g/mol. The first kappa shape index (κ1) is 21.2. The van der Waals surface area contributed by atoms with Crippen LogP contribution in [0.2, 0.25) is 5.02 Å². The van der Waals surface area contributed by atoms with Crippen molar-refractivity contribution in [2.75, 3.05) is 57.9 Å². The maximum absolute atomic E-state index is 6.18. The van der Waals surface area contributed by atoms with E-state index < -0.39 is 0 Å². The Hall–Kier alpha value is -1.50. The third-order valence-corrected chi connectivity index (χ3v) is 5.67. The van der Waals surface area contributed by atoms with Gasteiger partial charge < -0.3 is 25.0 Å². The highest BCUT2D eigenvalue weighted by atomic mass is 35.5. The van der Waals surface area contributed by atoms with Crippen molar-refractivity contribution in [3.63, 3.8) is 0 Å². The van der Waals surface area contributed by atoms with Gasteiger partial charge in [-0.25, -0.2) is 0 Å². The van der Waals surface area contributed by atoms with Crippen LogP contribution in [-0.4, -0.2) is 65.1 Å². The van der Waals surface area contributed by atoms with Crippen LogP contribution in [0.3, 0.4) is 0 Å². The molecule has 0 radical (unpaired) electrons. The zero-order valence-electron chi connectivity index (χ0n) is 17.0. The van der Waals surface area contributed by atoms with Gasteiger partial charge in [-0.15, -0.1) is 0 Å². The first-order chi connectivity index (χ1) is 13.7. The van der Waals surface area contributed by atoms with E-state index in [-0.39, 0.29) is 6.10 Å². The Labute approximate surface area is 173 Å². The highest BCUT2D eigenvalue weighted by Crippen LogP contribution is 2.29. The number of hydrogen-bond donors (Lipinski definition) is 2. The second-order valence-corrected chi connectivity index (χ2v) is 8.06. The van der Waals surface area contributed by atoms with Gasteiger partial charge in [-0.05, 0) is 49.8 Å². The lowest BCUT2D eigenvalue weighted by Gasteiger charge is -2.21. The zero-order valence-corrected chi connectivity index (χ0v) is 17.8. The number of rotatable bonds is 8. The minimum absolute atomic E-state index is 0.283. The summed E-state index contributed by atoms with van der Waals surface area (Å²) < 4.78 is 11.1. The molecule has 2 saturated heterocycles. The topological polar surface area (TPSA) is 58.1 Å². The fourth-order valence-corrected chi connectivity index (χ4v) is 3.94. The molecule has 0 saturated carbocycles. The van der Waals surface area contributed by atoms with E-state index in [2.05, 4.69) is 39.6 Å². The number of halogens is 1. The van der Waals surface area contributed by atoms with E-state index in [1.54, 1.807) is 0 Å². The summed E-state index contributed by atoms with van der Waals surface area (Å²) in [5, 5.41) is 7.64. The molecular formula is C21H33ClN4O2. The molecule has 156 valence electrons. The van der Waals surface area contributed by atoms with Crippen molar-refractivity contribution in [2.45, 2.75) is 32.3 Å². The summed E-state index contributed by atoms with van der Waals surface area (Å²) in [6, 6.07) is 6.13. The molecule has 7 heteroatoms. The van der Waals surface area contributed by atoms with Gasteiger partial charge in [0.25, 0.3) is 0 Å². The van der Waals surface area contributed by atoms with Gasteiger partial charge in [0.05, 0.1) is 12.7 Å². The molecule has 2 aliphatic heterocycles. The standard InChI is InChI=1S/C21H33ClN4O2/c1-16-4-5-18(22)12-20(16)26-9-6-17(14-26)13-25-21(23-2)24-8-3-10-28-19-7-11-27-15-19/h4-5,12,17,19H,3,6-11,13-15H2,1-2H3,(H2,23,24,25). The number of aryl methyl sites for hydroxylation is 1. The predicted molar refractivity (Wildman–Crippen MR) is 116 cm³/mol. The molecule has 1 aromatic rings. The quantitative estimate of drug-likeness (QED) is 0.393. The minimum Gasteiger partial charge on any atom is -0.379 e. The van der Waals surface area contributed by atoms with Gasteiger partial charge in [-0.3, -0.25) is 4.99 Å². The molecule has 1 aromatic carbocycles. The molecule has 2 N–H and O–H groups in total. The third kappa shape index (κ3) is 6.26. The van der Waals surface area contributed by atoms with Gasteiger partial charge in [-0.1, -0.05) is 17.7 Å². The number of benzene rings is 1. The van der Waals surface area contributed by atoms with Crippen LogP contribution in [-0.2, 0) is 9.47 Å². The zero-order chi connectivity index (χ0) is 19.8. The molecule has 2 aliphatic rings. The van der Waals surface area contributed by atoms with Crippen molar-refractivity contribution in [3.8, 4) is 0 Å². The summed E-state index contributed by atoms with van der Waals surface area (Å²) in [5.74, 6) is 1.46. The Kier molecular flexibility index (Phi) is 8.25. The lowest BCUT2D eigenvalue weighted by molar-refractivity contribution is 0.0420. The van der Waals surface area contributed by atoms with E-state index in [0.29, 0.717) is 5.92 Å². The van der Waals surface area contributed by atoms with E-state index in [1.165, 1.54) is 17.7 Å². The second-order valence-electron chi connectivity index (χ2n) is 7.62. The fourth-order valence-electron chi connectivity index (χ4n) is 3.78. The number of guanidine groups is 1. The Bertz CT molecular complexity index is 649. The van der Waals surface area contributed by atoms with Gasteiger partial charge >= 0.3 is 0 Å². The second kappa shape index (κ2) is 10.9. The predicted octanol–water partition coefficient (Wildman–Crippen LogP) is 2.84. The number of nitrogens with zero attached hydrogens (tertiary/aromatic N) is 2. The third-order valence-electron chi connectivity index (χ3n) is 5.43. The molecule has 28 heavy (non-hydrogen) atoms. The number of anilines is 1. The summed E-state index contributed by atoms with van der Waals surface area (Å²) in [6.45, 7) is 8.36. The van der Waals surface area contributed by atoms with Crippen LogP contribution in [0.5, 0.6) is 0 Å². The molecule has 2 unspecified atom stereocenters. The van der Waals surface area contributed by atoms with Crippen molar-refractivity contribution in [1.29, 1.82) is 0 Å². The lowest BCUT2D eigenvalue weighted by atomic mass is 10.1. The van der Waals surface area contributed by atoms with Gasteiger partial charge in [0.2, 0.25) is 0 Å². The number of nitrogens with one attached hydrogen (secondary N) is 2. The number of hydrogen-bond acceptors (Lipinski definition) is 4. The van der Waals surface area contributed by atoms with Crippen molar-refractivity contribution in [2.24, 2.45) is 10.9 Å². The summed E-state index contributed by atoms with van der Waals surface area (Å²) in [7, 11) is 1.82. The van der Waals surface area contributed by atoms with Crippen LogP contribution >= 0.6 is 11.6 Å². The molecule has 2 atom stereocenters. The van der Waals surface area contributed by atoms with E-state index in [1.807, 2.05) is 13.1 Å². The summed E-state index contributed by atoms with van der Waals surface area (Å²) in [5.41, 5.74) is 2.53. The molecule has 0 bridgehead atoms. The molecule has 0 amide bonds. The Balaban J connectivity index is 1.33. The first-order valence-electron chi connectivity index (χ1n) is 10.3. The molecule has 6 nitrogen and oxygen atoms in total. The molecule has 2 heterocycles. The van der Waals surface area contributed by atoms with Crippen LogP contribution < -0.4 is 15.5 Å². The van der Waals surface area contributed by atoms with E-state index in [4.69, 9.17) is 21.1 Å². The van der Waals surface area contributed by atoms with Crippen molar-refractivity contribution in [3.05, 3.63) is 28.8 Å². The fraction of sp³-hybridized carbons (Fsp3) is 0.667. The van der Waals surface area contributed by atoms with Crippen LogP contribution in [0.4, 0.5) is 5.69 Å². The Morgan fingerprint density at radius 2 is 2.25 bits per heavy atom. The monoisotopic (exact) mass is 408 g/mol. The Morgan fingerprint density at radius 1 is 1.36 bits per heavy atom. The van der Waals surface area contributed by atoms with Gasteiger partial charge in [0.1, 0.15) is 0 Å². The van der Waals surface area contributed by atoms with E-state index in [9.17, 15) is 0 Å².